The lowest BCUT2D eigenvalue weighted by Gasteiger charge is -2.29. The van der Waals surface area contributed by atoms with Crippen molar-refractivity contribution in [3.8, 4) is 5.75 Å². The predicted octanol–water partition coefficient (Wildman–Crippen LogP) is 6.87. The summed E-state index contributed by atoms with van der Waals surface area (Å²) >= 11 is 0. The van der Waals surface area contributed by atoms with Gasteiger partial charge in [-0.15, -0.1) is 0 Å². The zero-order chi connectivity index (χ0) is 27.2. The first-order valence-corrected chi connectivity index (χ1v) is 13.2. The van der Waals surface area contributed by atoms with Crippen LogP contribution in [0.25, 0.3) is 0 Å². The molecule has 3 aromatic carbocycles. The number of aryl methyl sites for hydroxylation is 1. The first-order valence-electron chi connectivity index (χ1n) is 11.8. The Balaban J connectivity index is 1.80. The summed E-state index contributed by atoms with van der Waals surface area (Å²) < 4.78 is 69.5. The summed E-state index contributed by atoms with van der Waals surface area (Å²) in [6, 6.07) is 16.6. The van der Waals surface area contributed by atoms with E-state index in [-0.39, 0.29) is 24.4 Å². The van der Waals surface area contributed by atoms with Gasteiger partial charge in [0.05, 0.1) is 5.56 Å². The van der Waals surface area contributed by atoms with Gasteiger partial charge in [-0.3, -0.25) is 0 Å². The summed E-state index contributed by atoms with van der Waals surface area (Å²) in [6.07, 6.45) is -3.18. The van der Waals surface area contributed by atoms with Crippen molar-refractivity contribution in [2.75, 3.05) is 5.32 Å². The molecular weight excluding hydrogens is 505 g/mol. The van der Waals surface area contributed by atoms with Crippen LogP contribution in [-0.2, 0) is 29.3 Å². The van der Waals surface area contributed by atoms with E-state index in [1.54, 1.807) is 23.1 Å². The van der Waals surface area contributed by atoms with Gasteiger partial charge in [0.15, 0.2) is 0 Å². The number of benzene rings is 3. The van der Waals surface area contributed by atoms with Gasteiger partial charge in [-0.05, 0) is 73.4 Å². The van der Waals surface area contributed by atoms with E-state index < -0.39 is 26.8 Å². The molecule has 0 aliphatic carbocycles. The van der Waals surface area contributed by atoms with E-state index in [0.717, 1.165) is 30.2 Å². The van der Waals surface area contributed by atoms with Gasteiger partial charge in [-0.2, -0.15) is 21.6 Å². The van der Waals surface area contributed by atoms with Crippen LogP contribution < -0.4 is 9.50 Å². The molecule has 2 amide bonds. The highest BCUT2D eigenvalue weighted by molar-refractivity contribution is 7.87. The number of carbonyl (C=O) groups excluding carboxylic acids is 1. The minimum Gasteiger partial charge on any atom is -0.379 e. The number of anilines is 1. The van der Waals surface area contributed by atoms with E-state index in [4.69, 9.17) is 4.18 Å². The number of carbonyl (C=O) groups is 1. The Morgan fingerprint density at radius 3 is 2.32 bits per heavy atom. The Morgan fingerprint density at radius 2 is 1.65 bits per heavy atom. The van der Waals surface area contributed by atoms with Crippen molar-refractivity contribution in [3.63, 3.8) is 0 Å². The average molecular weight is 535 g/mol. The molecule has 0 aliphatic rings. The molecule has 37 heavy (non-hydrogen) atoms. The number of urea groups is 1. The minimum atomic E-state index is -4.69. The predicted molar refractivity (Wildman–Crippen MR) is 136 cm³/mol. The number of nitrogens with one attached hydrogen (secondary N) is 1. The summed E-state index contributed by atoms with van der Waals surface area (Å²) in [4.78, 5) is 14.1. The largest absolute Gasteiger partial charge is 0.416 e. The molecule has 0 aromatic heterocycles. The van der Waals surface area contributed by atoms with Crippen LogP contribution in [0.3, 0.4) is 0 Å². The Morgan fingerprint density at radius 1 is 0.973 bits per heavy atom. The van der Waals surface area contributed by atoms with E-state index in [2.05, 4.69) is 5.32 Å². The quantitative estimate of drug-likeness (QED) is 0.304. The minimum absolute atomic E-state index is 0.0740. The lowest BCUT2D eigenvalue weighted by molar-refractivity contribution is -0.137. The topological polar surface area (TPSA) is 75.7 Å². The Labute approximate surface area is 215 Å². The molecule has 0 heterocycles. The molecule has 0 spiro atoms. The van der Waals surface area contributed by atoms with Crippen LogP contribution in [0, 0.1) is 0 Å². The Hall–Kier alpha value is -3.53. The normalized spacial score (nSPS) is 12.6. The highest BCUT2D eigenvalue weighted by atomic mass is 32.2. The molecule has 3 aromatic rings. The zero-order valence-corrected chi connectivity index (χ0v) is 21.6. The highest BCUT2D eigenvalue weighted by Gasteiger charge is 2.32. The number of hydrogen-bond donors (Lipinski definition) is 1. The van der Waals surface area contributed by atoms with Gasteiger partial charge in [-0.25, -0.2) is 4.79 Å². The molecule has 1 unspecified atom stereocenters. The van der Waals surface area contributed by atoms with Gasteiger partial charge in [0.1, 0.15) is 10.6 Å². The van der Waals surface area contributed by atoms with Crippen LogP contribution >= 0.6 is 0 Å². The number of hydrogen-bond acceptors (Lipinski definition) is 4. The summed E-state index contributed by atoms with van der Waals surface area (Å²) in [5.74, 6) is -0.0740. The fourth-order valence-electron chi connectivity index (χ4n) is 3.61. The summed E-state index contributed by atoms with van der Waals surface area (Å²) in [5.41, 5.74) is 1.25. The molecule has 0 radical (unpaired) electrons. The maximum atomic E-state index is 13.1. The van der Waals surface area contributed by atoms with Gasteiger partial charge in [0, 0.05) is 18.3 Å². The molecule has 3 rings (SSSR count). The van der Waals surface area contributed by atoms with Crippen molar-refractivity contribution in [2.45, 2.75) is 57.3 Å². The SMILES string of the molecule is CCc1cccc(NC(=O)N(Cc2cccc(OS(=O)(=O)c3cccc(C(F)(F)F)c3)c2)C(C)CC)c1. The van der Waals surface area contributed by atoms with Crippen molar-refractivity contribution in [3.05, 3.63) is 89.5 Å². The van der Waals surface area contributed by atoms with Crippen molar-refractivity contribution < 1.29 is 30.6 Å². The zero-order valence-electron chi connectivity index (χ0n) is 20.7. The van der Waals surface area contributed by atoms with Crippen molar-refractivity contribution in [1.82, 2.24) is 4.90 Å². The molecular formula is C27H29F3N2O4S. The molecule has 0 saturated carbocycles. The molecule has 10 heteroatoms. The van der Waals surface area contributed by atoms with Gasteiger partial charge in [0.25, 0.3) is 0 Å². The van der Waals surface area contributed by atoms with E-state index in [0.29, 0.717) is 23.7 Å². The van der Waals surface area contributed by atoms with Gasteiger partial charge in [-0.1, -0.05) is 44.2 Å². The van der Waals surface area contributed by atoms with E-state index in [9.17, 15) is 26.4 Å². The summed E-state index contributed by atoms with van der Waals surface area (Å²) in [6.45, 7) is 6.04. The Kier molecular flexibility index (Phi) is 8.85. The van der Waals surface area contributed by atoms with Crippen molar-refractivity contribution in [1.29, 1.82) is 0 Å². The fraction of sp³-hybridized carbons (Fsp3) is 0.296. The number of rotatable bonds is 9. The number of alkyl halides is 3. The van der Waals surface area contributed by atoms with Gasteiger partial charge < -0.3 is 14.4 Å². The van der Waals surface area contributed by atoms with Crippen LogP contribution in [0.4, 0.5) is 23.7 Å². The summed E-state index contributed by atoms with van der Waals surface area (Å²) in [5, 5.41) is 2.91. The molecule has 0 aliphatic heterocycles. The molecule has 1 N–H and O–H groups in total. The van der Waals surface area contributed by atoms with Crippen LogP contribution in [0.5, 0.6) is 5.75 Å². The number of nitrogens with zero attached hydrogens (tertiary/aromatic N) is 1. The van der Waals surface area contributed by atoms with Crippen LogP contribution in [0.2, 0.25) is 0 Å². The third-order valence-corrected chi connectivity index (χ3v) is 7.12. The standard InChI is InChI=1S/C27H29F3N2O4S/c1-4-19(3)32(26(33)31-23-12-6-9-20(5-2)15-23)18-21-10-7-13-24(16-21)36-37(34,35)25-14-8-11-22(17-25)27(28,29)30/h6-17,19H,4-5,18H2,1-3H3,(H,31,33). The second-order valence-electron chi connectivity index (χ2n) is 8.58. The molecule has 6 nitrogen and oxygen atoms in total. The van der Waals surface area contributed by atoms with Crippen LogP contribution in [-0.4, -0.2) is 25.4 Å². The third-order valence-electron chi connectivity index (χ3n) is 5.88. The van der Waals surface area contributed by atoms with Crippen LogP contribution in [0.15, 0.2) is 77.7 Å². The van der Waals surface area contributed by atoms with Crippen LogP contribution in [0.1, 0.15) is 43.9 Å². The lowest BCUT2D eigenvalue weighted by Crippen LogP contribution is -2.40. The van der Waals surface area contributed by atoms with E-state index in [1.165, 1.54) is 12.1 Å². The fourth-order valence-corrected chi connectivity index (χ4v) is 4.58. The maximum Gasteiger partial charge on any atom is 0.416 e. The molecule has 0 bridgehead atoms. The Bertz CT molecular complexity index is 1340. The molecule has 0 saturated heterocycles. The maximum absolute atomic E-state index is 13.1. The molecule has 1 atom stereocenters. The van der Waals surface area contributed by atoms with E-state index >= 15 is 0 Å². The number of halogens is 3. The molecule has 0 fully saturated rings. The average Bonchev–Trinajstić information content (AvgIpc) is 2.86. The second-order valence-corrected chi connectivity index (χ2v) is 10.1. The highest BCUT2D eigenvalue weighted by Crippen LogP contribution is 2.31. The lowest BCUT2D eigenvalue weighted by atomic mass is 10.1. The third kappa shape index (κ3) is 7.48. The second kappa shape index (κ2) is 11.7. The van der Waals surface area contributed by atoms with Gasteiger partial charge in [0.2, 0.25) is 0 Å². The van der Waals surface area contributed by atoms with Gasteiger partial charge >= 0.3 is 22.3 Å². The first kappa shape index (κ1) is 28.0. The number of amides is 2. The summed E-state index contributed by atoms with van der Waals surface area (Å²) in [7, 11) is -4.52. The monoisotopic (exact) mass is 534 g/mol. The van der Waals surface area contributed by atoms with Crippen molar-refractivity contribution >= 4 is 21.8 Å². The first-order chi connectivity index (χ1) is 17.4. The smallest absolute Gasteiger partial charge is 0.379 e. The van der Waals surface area contributed by atoms with Crippen molar-refractivity contribution in [2.24, 2.45) is 0 Å². The molecule has 198 valence electrons. The van der Waals surface area contributed by atoms with E-state index in [1.807, 2.05) is 39.0 Å².